The lowest BCUT2D eigenvalue weighted by molar-refractivity contribution is -0.137. The van der Waals surface area contributed by atoms with Gasteiger partial charge < -0.3 is 63.4 Å². The Kier molecular flexibility index (Phi) is 22.4. The molecule has 1 aliphatic heterocycles. The van der Waals surface area contributed by atoms with Gasteiger partial charge in [0.05, 0.1) is 24.8 Å². The monoisotopic (exact) mass is 1010 g/mol. The van der Waals surface area contributed by atoms with Crippen LogP contribution in [0.25, 0.3) is 0 Å². The molecule has 0 aliphatic carbocycles. The van der Waals surface area contributed by atoms with Crippen LogP contribution in [0.4, 0.5) is 0 Å². The first-order valence-corrected chi connectivity index (χ1v) is 25.1. The Balaban J connectivity index is 1.69. The van der Waals surface area contributed by atoms with E-state index in [2.05, 4.69) is 37.2 Å². The van der Waals surface area contributed by atoms with Gasteiger partial charge >= 0.3 is 0 Å². The fraction of sp³-hybridized carbons (Fsp3) is 0.458. The molecule has 13 N–H and O–H groups in total. The summed E-state index contributed by atoms with van der Waals surface area (Å²) in [5.41, 5.74) is 7.77. The number of aliphatic hydroxyl groups is 2. The second kappa shape index (κ2) is 27.9. The predicted octanol–water partition coefficient (Wildman–Crippen LogP) is -0.708. The van der Waals surface area contributed by atoms with Crippen LogP contribution in [0.3, 0.4) is 0 Å². The molecule has 0 bridgehead atoms. The first-order chi connectivity index (χ1) is 33.3. The summed E-state index contributed by atoms with van der Waals surface area (Å²) < 4.78 is 0. The van der Waals surface area contributed by atoms with Crippen molar-refractivity contribution < 1.29 is 58.8 Å². The lowest BCUT2D eigenvalue weighted by Crippen LogP contribution is -2.63. The summed E-state index contributed by atoms with van der Waals surface area (Å²) in [6.07, 6.45) is 0.544. The average Bonchev–Trinajstić information content (AvgIpc) is 3.34. The molecule has 0 aromatic heterocycles. The first-order valence-electron chi connectivity index (χ1n) is 22.8. The average molecular weight is 1010 g/mol. The largest absolute Gasteiger partial charge is 0.508 e. The summed E-state index contributed by atoms with van der Waals surface area (Å²) in [4.78, 5) is 112. The minimum Gasteiger partial charge on any atom is -0.508 e. The summed E-state index contributed by atoms with van der Waals surface area (Å²) in [6, 6.07) is 9.10. The molecular formula is C48H64N8O12S2. The van der Waals surface area contributed by atoms with E-state index < -0.39 is 119 Å². The minimum absolute atomic E-state index is 0.00112. The molecule has 0 unspecified atom stereocenters. The Morgan fingerprint density at radius 3 is 1.83 bits per heavy atom. The van der Waals surface area contributed by atoms with E-state index in [9.17, 15) is 58.8 Å². The van der Waals surface area contributed by atoms with Crippen molar-refractivity contribution in [1.29, 1.82) is 0 Å². The highest BCUT2D eigenvalue weighted by Gasteiger charge is 2.38. The Hall–Kier alpha value is -6.20. The number of benzene rings is 3. The maximum atomic E-state index is 14.5. The lowest BCUT2D eigenvalue weighted by atomic mass is 9.96. The van der Waals surface area contributed by atoms with Crippen LogP contribution in [0.1, 0.15) is 50.3 Å². The third-order valence-electron chi connectivity index (χ3n) is 11.6. The van der Waals surface area contributed by atoms with E-state index in [1.54, 1.807) is 49.4 Å². The molecule has 20 nitrogen and oxygen atoms in total. The maximum Gasteiger partial charge on any atom is 0.245 e. The van der Waals surface area contributed by atoms with Crippen molar-refractivity contribution in [1.82, 2.24) is 37.2 Å². The lowest BCUT2D eigenvalue weighted by Gasteiger charge is -2.30. The Morgan fingerprint density at radius 2 is 1.27 bits per heavy atom. The van der Waals surface area contributed by atoms with Gasteiger partial charge in [0, 0.05) is 18.6 Å². The van der Waals surface area contributed by atoms with Gasteiger partial charge in [0.2, 0.25) is 46.5 Å². The number of nitrogens with one attached hydrogen (secondary N) is 7. The van der Waals surface area contributed by atoms with Crippen molar-refractivity contribution in [2.24, 2.45) is 11.7 Å². The number of carbonyl (C=O) groups is 8. The molecule has 3 aromatic rings. The number of nitrogens with two attached hydrogens (primary N) is 1. The number of aliphatic hydroxyl groups excluding tert-OH is 2. The van der Waals surface area contributed by atoms with Gasteiger partial charge in [-0.15, -0.1) is 0 Å². The standard InChI is InChI=1S/C48H64N8O12S2/c1-5-26(2)39-46(66)50-34(19-20-69-4)48(68)70-25-38(54-47(67)40(27(3)58)56-44(64)37(24-57)53-41(61)33(49)21-29-11-15-31(59)16-12-29)45(65)52-35(23-30-13-17-32(60)18-14-30)42(62)51-36(43(63)55-39)22-28-9-7-6-8-10-28/h6-18,26-27,33-40,57-60H,5,19-25,49H2,1-4H3,(H,50,66)(H,51,62)(H,52,65)(H,53,61)(H,54,67)(H,55,63)(H,56,64)/t26-,27+,33-,34-,35-,36-,37-,38-,39-,40-/m0/s1. The fourth-order valence-corrected chi connectivity index (χ4v) is 8.62. The van der Waals surface area contributed by atoms with E-state index >= 15 is 0 Å². The Morgan fingerprint density at radius 1 is 0.729 bits per heavy atom. The van der Waals surface area contributed by atoms with Crippen LogP contribution in [-0.4, -0.2) is 146 Å². The van der Waals surface area contributed by atoms with Crippen LogP contribution in [0.2, 0.25) is 0 Å². The molecule has 70 heavy (non-hydrogen) atoms. The maximum absolute atomic E-state index is 14.5. The molecule has 7 amide bonds. The molecule has 0 radical (unpaired) electrons. The highest BCUT2D eigenvalue weighted by atomic mass is 32.2. The summed E-state index contributed by atoms with van der Waals surface area (Å²) in [6.45, 7) is 3.80. The van der Waals surface area contributed by atoms with Crippen LogP contribution in [0.5, 0.6) is 11.5 Å². The third-order valence-corrected chi connectivity index (χ3v) is 13.3. The zero-order valence-corrected chi connectivity index (χ0v) is 41.0. The molecule has 22 heteroatoms. The zero-order valence-electron chi connectivity index (χ0n) is 39.4. The van der Waals surface area contributed by atoms with E-state index in [1.165, 1.54) is 48.2 Å². The van der Waals surface area contributed by atoms with Crippen LogP contribution in [-0.2, 0) is 57.6 Å². The van der Waals surface area contributed by atoms with Crippen molar-refractivity contribution in [2.45, 2.75) is 107 Å². The predicted molar refractivity (Wildman–Crippen MR) is 264 cm³/mol. The molecule has 1 fully saturated rings. The number of carbonyl (C=O) groups excluding carboxylic acids is 8. The van der Waals surface area contributed by atoms with Crippen molar-refractivity contribution in [3.05, 3.63) is 95.6 Å². The van der Waals surface area contributed by atoms with E-state index in [-0.39, 0.29) is 37.2 Å². The van der Waals surface area contributed by atoms with Crippen molar-refractivity contribution >= 4 is 70.0 Å². The highest BCUT2D eigenvalue weighted by Crippen LogP contribution is 2.18. The number of phenols is 2. The molecule has 380 valence electrons. The molecule has 0 saturated carbocycles. The Bertz CT molecular complexity index is 2260. The Labute approximate surface area is 414 Å². The molecule has 1 aliphatic rings. The van der Waals surface area contributed by atoms with Crippen LogP contribution in [0.15, 0.2) is 78.9 Å². The van der Waals surface area contributed by atoms with Crippen molar-refractivity contribution in [3.63, 3.8) is 0 Å². The summed E-state index contributed by atoms with van der Waals surface area (Å²) in [5.74, 6) is -6.84. The van der Waals surface area contributed by atoms with Gasteiger partial charge in [-0.3, -0.25) is 38.4 Å². The molecule has 0 spiro atoms. The van der Waals surface area contributed by atoms with Gasteiger partial charge in [-0.05, 0) is 78.6 Å². The van der Waals surface area contributed by atoms with Gasteiger partial charge in [-0.2, -0.15) is 11.8 Å². The van der Waals surface area contributed by atoms with Crippen LogP contribution >= 0.6 is 23.5 Å². The molecule has 10 atom stereocenters. The quantitative estimate of drug-likeness (QED) is 0.0706. The van der Waals surface area contributed by atoms with Crippen LogP contribution < -0.4 is 43.0 Å². The second-order valence-electron chi connectivity index (χ2n) is 17.0. The normalized spacial score (nSPS) is 21.6. The third kappa shape index (κ3) is 17.3. The number of aromatic hydroxyl groups is 2. The smallest absolute Gasteiger partial charge is 0.245 e. The first kappa shape index (κ1) is 56.4. The summed E-state index contributed by atoms with van der Waals surface area (Å²) in [7, 11) is 0. The second-order valence-corrected chi connectivity index (χ2v) is 19.0. The minimum atomic E-state index is -1.82. The molecule has 1 saturated heterocycles. The number of hydrogen-bond acceptors (Lipinski definition) is 15. The van der Waals surface area contributed by atoms with Crippen LogP contribution in [0, 0.1) is 5.92 Å². The molecule has 4 rings (SSSR count). The molecule has 3 aromatic carbocycles. The van der Waals surface area contributed by atoms with Gasteiger partial charge in [0.1, 0.15) is 47.8 Å². The van der Waals surface area contributed by atoms with E-state index in [0.29, 0.717) is 40.6 Å². The van der Waals surface area contributed by atoms with Gasteiger partial charge in [0.25, 0.3) is 0 Å². The number of phenolic OH excluding ortho intramolecular Hbond substituents is 2. The highest BCUT2D eigenvalue weighted by molar-refractivity contribution is 8.13. The van der Waals surface area contributed by atoms with Gasteiger partial charge in [-0.1, -0.05) is 86.6 Å². The number of rotatable bonds is 19. The summed E-state index contributed by atoms with van der Waals surface area (Å²) >= 11 is 2.01. The summed E-state index contributed by atoms with van der Waals surface area (Å²) in [5, 5.41) is 57.9. The van der Waals surface area contributed by atoms with E-state index in [1.807, 2.05) is 13.2 Å². The fourth-order valence-electron chi connectivity index (χ4n) is 7.20. The zero-order chi connectivity index (χ0) is 51.5. The molecular weight excluding hydrogens is 945 g/mol. The number of amides is 7. The SMILES string of the molecule is CC[C@H](C)[C@@H]1NC(=O)[C@H](Cc2ccccc2)NC(=O)[C@H](Cc2ccc(O)cc2)NC(=O)[C@@H](NC(=O)[C@@H](NC(=O)[C@H](CO)NC(=O)[C@@H](N)Cc2ccc(O)cc2)[C@@H](C)O)CSC(=O)[C@H](CCSC)NC1=O. The van der Waals surface area contributed by atoms with E-state index in [0.717, 1.165) is 6.92 Å². The topological polar surface area (TPSA) is 328 Å². The van der Waals surface area contributed by atoms with E-state index in [4.69, 9.17) is 5.73 Å². The molecule has 1 heterocycles. The van der Waals surface area contributed by atoms with Crippen molar-refractivity contribution in [2.75, 3.05) is 24.4 Å². The van der Waals surface area contributed by atoms with Gasteiger partial charge in [-0.25, -0.2) is 0 Å². The van der Waals surface area contributed by atoms with Gasteiger partial charge in [0.15, 0.2) is 0 Å². The van der Waals surface area contributed by atoms with Crippen molar-refractivity contribution in [3.8, 4) is 11.5 Å². The number of hydrogen-bond donors (Lipinski definition) is 12. The number of thioether (sulfide) groups is 2.